The summed E-state index contributed by atoms with van der Waals surface area (Å²) in [5.41, 5.74) is 6.31. The lowest BCUT2D eigenvalue weighted by molar-refractivity contribution is -0.143. The minimum atomic E-state index is -3.79. The molecule has 0 N–H and O–H groups in total. The van der Waals surface area contributed by atoms with Crippen LogP contribution < -0.4 is 4.74 Å². The predicted octanol–water partition coefficient (Wildman–Crippen LogP) is 4.64. The quantitative estimate of drug-likeness (QED) is 0.302. The van der Waals surface area contributed by atoms with Gasteiger partial charge in [0.2, 0.25) is 10.0 Å². The Morgan fingerprint density at radius 3 is 2.70 bits per heavy atom. The Balaban J connectivity index is 1.56. The topological polar surface area (TPSA) is 104 Å². The van der Waals surface area contributed by atoms with E-state index in [4.69, 9.17) is 9.47 Å². The predicted molar refractivity (Wildman–Crippen MR) is 152 cm³/mol. The van der Waals surface area contributed by atoms with Gasteiger partial charge in [0, 0.05) is 19.5 Å². The van der Waals surface area contributed by atoms with E-state index in [-0.39, 0.29) is 42.4 Å². The van der Waals surface area contributed by atoms with Crippen LogP contribution in [0.2, 0.25) is 0 Å². The average Bonchev–Trinajstić information content (AvgIpc) is 3.26. The minimum Gasteiger partial charge on any atom is -0.488 e. The molecule has 2 heterocycles. The number of sulfonamides is 1. The van der Waals surface area contributed by atoms with Crippen molar-refractivity contribution in [2.45, 2.75) is 57.6 Å². The molecule has 4 aromatic rings. The SMILES string of the molecule is CCOC(=O)CC(c1ccc(C)c(CN2C[C@@H](C)Oc3ccccc3S2(=O)=O)c1)c1ccc2c(nnn2C)c1C. The van der Waals surface area contributed by atoms with Crippen molar-refractivity contribution in [1.82, 2.24) is 19.3 Å². The van der Waals surface area contributed by atoms with Crippen molar-refractivity contribution in [1.29, 1.82) is 0 Å². The largest absolute Gasteiger partial charge is 0.488 e. The van der Waals surface area contributed by atoms with Gasteiger partial charge in [0.25, 0.3) is 0 Å². The molecule has 1 unspecified atom stereocenters. The third kappa shape index (κ3) is 5.21. The highest BCUT2D eigenvalue weighted by molar-refractivity contribution is 7.89. The Hall–Kier alpha value is -3.76. The van der Waals surface area contributed by atoms with Gasteiger partial charge in [-0.25, -0.2) is 13.1 Å². The molecular weight excluding hydrogens is 528 g/mol. The van der Waals surface area contributed by atoms with E-state index in [0.29, 0.717) is 12.4 Å². The van der Waals surface area contributed by atoms with Crippen molar-refractivity contribution in [3.8, 4) is 5.75 Å². The fourth-order valence-electron chi connectivity index (χ4n) is 5.38. The summed E-state index contributed by atoms with van der Waals surface area (Å²) in [6, 6.07) is 16.7. The molecule has 9 nitrogen and oxygen atoms in total. The zero-order chi connectivity index (χ0) is 28.6. The van der Waals surface area contributed by atoms with Gasteiger partial charge in [0.05, 0.1) is 25.1 Å². The Morgan fingerprint density at radius 2 is 1.93 bits per heavy atom. The molecule has 1 aliphatic rings. The molecule has 0 amide bonds. The summed E-state index contributed by atoms with van der Waals surface area (Å²) in [7, 11) is -1.95. The Morgan fingerprint density at radius 1 is 1.15 bits per heavy atom. The van der Waals surface area contributed by atoms with Gasteiger partial charge in [0.15, 0.2) is 0 Å². The van der Waals surface area contributed by atoms with Crippen LogP contribution in [0.5, 0.6) is 5.75 Å². The van der Waals surface area contributed by atoms with E-state index in [0.717, 1.165) is 38.9 Å². The van der Waals surface area contributed by atoms with Crippen molar-refractivity contribution in [3.63, 3.8) is 0 Å². The van der Waals surface area contributed by atoms with Crippen molar-refractivity contribution in [3.05, 3.63) is 82.4 Å². The van der Waals surface area contributed by atoms with E-state index in [1.807, 2.05) is 58.2 Å². The maximum absolute atomic E-state index is 13.7. The van der Waals surface area contributed by atoms with Gasteiger partial charge in [-0.1, -0.05) is 41.6 Å². The molecule has 2 atom stereocenters. The van der Waals surface area contributed by atoms with Gasteiger partial charge in [0.1, 0.15) is 22.3 Å². The summed E-state index contributed by atoms with van der Waals surface area (Å²) in [5, 5.41) is 8.50. The van der Waals surface area contributed by atoms with Crippen LogP contribution in [-0.2, 0) is 33.1 Å². The van der Waals surface area contributed by atoms with Crippen LogP contribution in [0.4, 0.5) is 0 Å². The van der Waals surface area contributed by atoms with Crippen LogP contribution in [0.25, 0.3) is 11.0 Å². The highest BCUT2D eigenvalue weighted by Crippen LogP contribution is 2.36. The number of aromatic nitrogens is 3. The summed E-state index contributed by atoms with van der Waals surface area (Å²) in [4.78, 5) is 12.9. The first-order valence-electron chi connectivity index (χ1n) is 13.4. The van der Waals surface area contributed by atoms with E-state index in [1.165, 1.54) is 4.31 Å². The summed E-state index contributed by atoms with van der Waals surface area (Å²) in [6.45, 7) is 8.30. The molecular formula is C30H34N4O5S. The van der Waals surface area contributed by atoms with Gasteiger partial charge in [-0.3, -0.25) is 4.79 Å². The zero-order valence-corrected chi connectivity index (χ0v) is 24.2. The molecule has 0 radical (unpaired) electrons. The van der Waals surface area contributed by atoms with E-state index >= 15 is 0 Å². The summed E-state index contributed by atoms with van der Waals surface area (Å²) >= 11 is 0. The monoisotopic (exact) mass is 562 g/mol. The van der Waals surface area contributed by atoms with Crippen LogP contribution in [0.15, 0.2) is 59.5 Å². The van der Waals surface area contributed by atoms with Crippen molar-refractivity contribution in [2.24, 2.45) is 7.05 Å². The van der Waals surface area contributed by atoms with E-state index in [9.17, 15) is 13.2 Å². The molecule has 3 aromatic carbocycles. The number of carbonyl (C=O) groups excluding carboxylic acids is 1. The van der Waals surface area contributed by atoms with Gasteiger partial charge in [-0.2, -0.15) is 4.31 Å². The summed E-state index contributed by atoms with van der Waals surface area (Å²) in [5.74, 6) is -0.244. The van der Waals surface area contributed by atoms with E-state index in [2.05, 4.69) is 10.3 Å². The van der Waals surface area contributed by atoms with Crippen LogP contribution in [0.3, 0.4) is 0 Å². The second kappa shape index (κ2) is 11.0. The molecule has 0 saturated heterocycles. The summed E-state index contributed by atoms with van der Waals surface area (Å²) < 4.78 is 41.8. The van der Waals surface area contributed by atoms with Gasteiger partial charge in [-0.15, -0.1) is 5.10 Å². The number of ether oxygens (including phenoxy) is 2. The molecule has 0 fully saturated rings. The lowest BCUT2D eigenvalue weighted by Gasteiger charge is -2.24. The molecule has 40 heavy (non-hydrogen) atoms. The normalized spacial score (nSPS) is 17.6. The van der Waals surface area contributed by atoms with E-state index < -0.39 is 10.0 Å². The van der Waals surface area contributed by atoms with Gasteiger partial charge in [-0.05, 0) is 73.7 Å². The number of benzene rings is 3. The summed E-state index contributed by atoms with van der Waals surface area (Å²) in [6.07, 6.45) is -0.178. The van der Waals surface area contributed by atoms with Crippen LogP contribution in [0.1, 0.15) is 54.0 Å². The fourth-order valence-corrected chi connectivity index (χ4v) is 6.99. The second-order valence-electron chi connectivity index (χ2n) is 10.3. The highest BCUT2D eigenvalue weighted by Gasteiger charge is 2.33. The highest BCUT2D eigenvalue weighted by atomic mass is 32.2. The van der Waals surface area contributed by atoms with E-state index in [1.54, 1.807) is 35.9 Å². The third-order valence-corrected chi connectivity index (χ3v) is 9.36. The molecule has 0 aliphatic carbocycles. The Bertz CT molecular complexity index is 1680. The zero-order valence-electron chi connectivity index (χ0n) is 23.4. The number of rotatable bonds is 7. The second-order valence-corrected chi connectivity index (χ2v) is 12.2. The van der Waals surface area contributed by atoms with Crippen molar-refractivity contribution < 1.29 is 22.7 Å². The number of carbonyl (C=O) groups is 1. The average molecular weight is 563 g/mol. The molecule has 210 valence electrons. The number of esters is 1. The number of para-hydroxylation sites is 1. The molecule has 1 aromatic heterocycles. The third-order valence-electron chi connectivity index (χ3n) is 7.51. The molecule has 5 rings (SSSR count). The number of fused-ring (bicyclic) bond motifs is 2. The Labute approximate surface area is 234 Å². The molecule has 0 saturated carbocycles. The maximum Gasteiger partial charge on any atom is 0.306 e. The van der Waals surface area contributed by atoms with Gasteiger partial charge >= 0.3 is 5.97 Å². The number of aryl methyl sites for hydroxylation is 3. The van der Waals surface area contributed by atoms with Crippen molar-refractivity contribution >= 4 is 27.0 Å². The van der Waals surface area contributed by atoms with Gasteiger partial charge < -0.3 is 9.47 Å². The number of hydrogen-bond donors (Lipinski definition) is 0. The molecule has 0 bridgehead atoms. The first kappa shape index (κ1) is 27.8. The first-order valence-corrected chi connectivity index (χ1v) is 14.8. The molecule has 10 heteroatoms. The smallest absolute Gasteiger partial charge is 0.306 e. The van der Waals surface area contributed by atoms with Crippen molar-refractivity contribution in [2.75, 3.05) is 13.2 Å². The Kier molecular flexibility index (Phi) is 7.65. The number of hydrogen-bond acceptors (Lipinski definition) is 7. The minimum absolute atomic E-state index is 0.142. The fraction of sp³-hybridized carbons (Fsp3) is 0.367. The lowest BCUT2D eigenvalue weighted by atomic mass is 9.84. The van der Waals surface area contributed by atoms with Crippen LogP contribution in [0, 0.1) is 13.8 Å². The van der Waals surface area contributed by atoms with Crippen LogP contribution in [-0.4, -0.2) is 52.9 Å². The first-order chi connectivity index (χ1) is 19.1. The standard InChI is InChI=1S/C30H34N4O5S/c1-6-38-29(35)16-25(24-13-14-26-30(21(24)4)31-32-33(26)5)22-12-11-19(2)23(15-22)18-34-17-20(3)39-27-9-7-8-10-28(27)40(34,36)37/h7-15,20,25H,6,16-18H2,1-5H3/t20-,25?/m1/s1. The molecule has 0 spiro atoms. The van der Waals surface area contributed by atoms with Crippen LogP contribution >= 0.6 is 0 Å². The molecule has 1 aliphatic heterocycles. The lowest BCUT2D eigenvalue weighted by Crippen LogP contribution is -2.35. The number of nitrogens with zero attached hydrogens (tertiary/aromatic N) is 4. The maximum atomic E-state index is 13.7.